The minimum atomic E-state index is -0.353. The first-order valence-corrected chi connectivity index (χ1v) is 12.7. The van der Waals surface area contributed by atoms with Crippen molar-refractivity contribution >= 4 is 18.1 Å². The first-order valence-electron chi connectivity index (χ1n) is 12.7. The Balaban J connectivity index is 1.98. The first kappa shape index (κ1) is 25.6. The van der Waals surface area contributed by atoms with Crippen molar-refractivity contribution in [2.24, 2.45) is 5.73 Å². The van der Waals surface area contributed by atoms with Gasteiger partial charge >= 0.3 is 0 Å². The number of hydrogen-bond acceptors (Lipinski definition) is 1. The number of carbonyl (C=O) groups excluding carboxylic acids is 1. The molecule has 0 unspecified atom stereocenters. The van der Waals surface area contributed by atoms with Gasteiger partial charge in [-0.3, -0.25) is 4.79 Å². The molecule has 0 aliphatic heterocycles. The maximum Gasteiger partial charge on any atom is 0.250 e. The molecular formula is C31H40N2O. The summed E-state index contributed by atoms with van der Waals surface area (Å²) >= 11 is 0. The van der Waals surface area contributed by atoms with Crippen molar-refractivity contribution in [3.63, 3.8) is 0 Å². The van der Waals surface area contributed by atoms with Crippen molar-refractivity contribution in [1.29, 1.82) is 0 Å². The molecule has 1 amide bonds. The third kappa shape index (κ3) is 6.72. The normalized spacial score (nSPS) is 11.4. The highest BCUT2D eigenvalue weighted by Gasteiger charge is 2.19. The highest BCUT2D eigenvalue weighted by molar-refractivity contribution is 5.96. The van der Waals surface area contributed by atoms with Gasteiger partial charge in [0.25, 0.3) is 5.91 Å². The molecule has 0 saturated carbocycles. The quantitative estimate of drug-likeness (QED) is 0.280. The molecule has 0 saturated heterocycles. The topological polar surface area (TPSA) is 48.0 Å². The molecule has 34 heavy (non-hydrogen) atoms. The molecule has 3 aromatic rings. The summed E-state index contributed by atoms with van der Waals surface area (Å²) in [7, 11) is 0. The van der Waals surface area contributed by atoms with Crippen molar-refractivity contribution in [1.82, 2.24) is 4.57 Å². The second kappa shape index (κ2) is 12.4. The van der Waals surface area contributed by atoms with Crippen LogP contribution >= 0.6 is 0 Å². The Labute approximate surface area is 205 Å². The summed E-state index contributed by atoms with van der Waals surface area (Å²) in [5.74, 6) is -0.353. The van der Waals surface area contributed by atoms with E-state index in [1.807, 2.05) is 24.4 Å². The third-order valence-corrected chi connectivity index (χ3v) is 6.67. The van der Waals surface area contributed by atoms with Crippen molar-refractivity contribution in [2.45, 2.75) is 79.2 Å². The van der Waals surface area contributed by atoms with E-state index in [4.69, 9.17) is 5.73 Å². The number of benzene rings is 2. The molecular weight excluding hydrogens is 416 g/mol. The van der Waals surface area contributed by atoms with Crippen LogP contribution in [0.25, 0.3) is 12.2 Å². The van der Waals surface area contributed by atoms with Crippen LogP contribution in [0.4, 0.5) is 0 Å². The molecule has 0 bridgehead atoms. The zero-order chi connectivity index (χ0) is 24.5. The molecule has 2 aromatic carbocycles. The molecule has 0 fully saturated rings. The summed E-state index contributed by atoms with van der Waals surface area (Å²) in [5.41, 5.74) is 14.8. The van der Waals surface area contributed by atoms with Crippen LogP contribution in [0.15, 0.2) is 48.7 Å². The highest BCUT2D eigenvalue weighted by Crippen LogP contribution is 2.28. The van der Waals surface area contributed by atoms with Crippen molar-refractivity contribution in [2.75, 3.05) is 0 Å². The SMILES string of the molecule is CCCCCCCCn1cc(C(N)=O)c(Cc2c(C)cc(C)cc2C)c1/C=C/c1ccccc1. The molecule has 3 rings (SSSR count). The van der Waals surface area contributed by atoms with Crippen LogP contribution in [0, 0.1) is 20.8 Å². The Morgan fingerprint density at radius 1 is 0.882 bits per heavy atom. The van der Waals surface area contributed by atoms with E-state index in [-0.39, 0.29) is 5.91 Å². The standard InChI is InChI=1S/C31H40N2O/c1-5-6-7-8-9-13-18-33-22-29(31(32)34)28(21-27-24(3)19-23(2)20-25(27)4)30(33)17-16-26-14-11-10-12-15-26/h10-12,14-17,19-20,22H,5-9,13,18,21H2,1-4H3,(H2,32,34)/b17-16+. The fourth-order valence-electron chi connectivity index (χ4n) is 4.86. The van der Waals surface area contributed by atoms with E-state index >= 15 is 0 Å². The fourth-order valence-corrected chi connectivity index (χ4v) is 4.86. The summed E-state index contributed by atoms with van der Waals surface area (Å²) in [6, 6.07) is 14.8. The number of rotatable bonds is 12. The van der Waals surface area contributed by atoms with E-state index in [0.717, 1.165) is 29.8 Å². The summed E-state index contributed by atoms with van der Waals surface area (Å²) in [5, 5.41) is 0. The molecule has 0 aliphatic carbocycles. The number of aryl methyl sites for hydroxylation is 4. The summed E-state index contributed by atoms with van der Waals surface area (Å²) in [6.45, 7) is 9.59. The Morgan fingerprint density at radius 2 is 1.53 bits per heavy atom. The van der Waals surface area contributed by atoms with Gasteiger partial charge in [-0.2, -0.15) is 0 Å². The summed E-state index contributed by atoms with van der Waals surface area (Å²) in [6.07, 6.45) is 14.4. The molecule has 0 aliphatic rings. The molecule has 1 heterocycles. The van der Waals surface area contributed by atoms with Gasteiger partial charge in [-0.15, -0.1) is 0 Å². The van der Waals surface area contributed by atoms with Gasteiger partial charge < -0.3 is 10.3 Å². The van der Waals surface area contributed by atoms with E-state index in [0.29, 0.717) is 12.0 Å². The van der Waals surface area contributed by atoms with E-state index < -0.39 is 0 Å². The van der Waals surface area contributed by atoms with Gasteiger partial charge in [-0.25, -0.2) is 0 Å². The minimum Gasteiger partial charge on any atom is -0.366 e. The molecule has 2 N–H and O–H groups in total. The second-order valence-electron chi connectivity index (χ2n) is 9.53. The van der Waals surface area contributed by atoms with Gasteiger partial charge in [0, 0.05) is 24.9 Å². The monoisotopic (exact) mass is 456 g/mol. The molecule has 0 spiro atoms. The number of nitrogens with zero attached hydrogens (tertiary/aromatic N) is 1. The van der Waals surface area contributed by atoms with Gasteiger partial charge in [-0.1, -0.05) is 93.1 Å². The first-order chi connectivity index (χ1) is 16.4. The molecule has 3 nitrogen and oxygen atoms in total. The third-order valence-electron chi connectivity index (χ3n) is 6.67. The molecule has 0 radical (unpaired) electrons. The van der Waals surface area contributed by atoms with Crippen LogP contribution in [-0.4, -0.2) is 10.5 Å². The Kier molecular flexibility index (Phi) is 9.33. The molecule has 1 aromatic heterocycles. The largest absolute Gasteiger partial charge is 0.366 e. The lowest BCUT2D eigenvalue weighted by molar-refractivity contribution is 0.0999. The lowest BCUT2D eigenvalue weighted by atomic mass is 9.92. The van der Waals surface area contributed by atoms with Crippen LogP contribution in [-0.2, 0) is 13.0 Å². The Morgan fingerprint density at radius 3 is 2.18 bits per heavy atom. The summed E-state index contributed by atoms with van der Waals surface area (Å²) in [4.78, 5) is 12.5. The summed E-state index contributed by atoms with van der Waals surface area (Å²) < 4.78 is 2.24. The Bertz CT molecular complexity index is 1100. The zero-order valence-electron chi connectivity index (χ0n) is 21.4. The number of hydrogen-bond donors (Lipinski definition) is 1. The minimum absolute atomic E-state index is 0.353. The fraction of sp³-hybridized carbons (Fsp3) is 0.387. The van der Waals surface area contributed by atoms with Gasteiger partial charge in [-0.05, 0) is 61.1 Å². The van der Waals surface area contributed by atoms with Crippen molar-refractivity contribution in [3.8, 4) is 0 Å². The number of carbonyl (C=O) groups is 1. The van der Waals surface area contributed by atoms with Crippen molar-refractivity contribution < 1.29 is 4.79 Å². The average Bonchev–Trinajstić information content (AvgIpc) is 3.15. The second-order valence-corrected chi connectivity index (χ2v) is 9.53. The number of primary amides is 1. The van der Waals surface area contributed by atoms with Crippen LogP contribution < -0.4 is 5.73 Å². The number of amides is 1. The molecule has 180 valence electrons. The van der Waals surface area contributed by atoms with Crippen LogP contribution in [0.3, 0.4) is 0 Å². The Hall–Kier alpha value is -3.07. The van der Waals surface area contributed by atoms with E-state index in [9.17, 15) is 4.79 Å². The van der Waals surface area contributed by atoms with Gasteiger partial charge in [0.15, 0.2) is 0 Å². The lowest BCUT2D eigenvalue weighted by Gasteiger charge is -2.14. The molecule has 3 heteroatoms. The van der Waals surface area contributed by atoms with Crippen LogP contribution in [0.5, 0.6) is 0 Å². The maximum atomic E-state index is 12.5. The van der Waals surface area contributed by atoms with E-state index in [1.54, 1.807) is 0 Å². The predicted octanol–water partition coefficient (Wildman–Crippen LogP) is 7.63. The van der Waals surface area contributed by atoms with E-state index in [1.165, 1.54) is 54.4 Å². The predicted molar refractivity (Wildman–Crippen MR) is 145 cm³/mol. The maximum absolute atomic E-state index is 12.5. The van der Waals surface area contributed by atoms with Gasteiger partial charge in [0.1, 0.15) is 0 Å². The molecule has 0 atom stereocenters. The average molecular weight is 457 g/mol. The van der Waals surface area contributed by atoms with Gasteiger partial charge in [0.05, 0.1) is 5.56 Å². The number of aromatic nitrogens is 1. The smallest absolute Gasteiger partial charge is 0.250 e. The zero-order valence-corrected chi connectivity index (χ0v) is 21.4. The van der Waals surface area contributed by atoms with Crippen LogP contribution in [0.1, 0.15) is 94.9 Å². The highest BCUT2D eigenvalue weighted by atomic mass is 16.1. The van der Waals surface area contributed by atoms with Crippen LogP contribution in [0.2, 0.25) is 0 Å². The van der Waals surface area contributed by atoms with Crippen molar-refractivity contribution in [3.05, 3.63) is 93.3 Å². The number of nitrogens with two attached hydrogens (primary N) is 1. The van der Waals surface area contributed by atoms with E-state index in [2.05, 4.69) is 68.7 Å². The lowest BCUT2D eigenvalue weighted by Crippen LogP contribution is -2.13. The van der Waals surface area contributed by atoms with Gasteiger partial charge in [0.2, 0.25) is 0 Å². The number of unbranched alkanes of at least 4 members (excludes halogenated alkanes) is 5.